The number of nitrogens with zero attached hydrogens (tertiary/aromatic N) is 2. The lowest BCUT2D eigenvalue weighted by molar-refractivity contribution is 0.145. The largest absolute Gasteiger partial charge is 0.309 e. The van der Waals surface area contributed by atoms with E-state index in [1.807, 2.05) is 0 Å². The summed E-state index contributed by atoms with van der Waals surface area (Å²) < 4.78 is 0. The minimum atomic E-state index is 0.415. The average molecular weight is 214 g/mol. The molecule has 2 heteroatoms. The van der Waals surface area contributed by atoms with Gasteiger partial charge in [0.25, 0.3) is 0 Å². The van der Waals surface area contributed by atoms with Gasteiger partial charge in [-0.2, -0.15) is 0 Å². The molecule has 1 atom stereocenters. The first-order valence-corrected chi connectivity index (χ1v) is 6.13. The van der Waals surface area contributed by atoms with Crippen LogP contribution in [-0.2, 0) is 0 Å². The molecule has 0 saturated heterocycles. The standard InChI is InChI=1S/C13H30N2/c1-8-15(7)10-9-12(2)13(3,4)11-14(5)6/h12H,8-11H2,1-7H3. The molecule has 0 saturated carbocycles. The maximum atomic E-state index is 2.39. The normalized spacial score (nSPS) is 15.0. The molecular formula is C13H30N2. The third-order valence-electron chi connectivity index (χ3n) is 3.54. The van der Waals surface area contributed by atoms with Crippen LogP contribution in [0.2, 0.25) is 0 Å². The van der Waals surface area contributed by atoms with Crippen LogP contribution in [0.25, 0.3) is 0 Å². The Bertz CT molecular complexity index is 164. The van der Waals surface area contributed by atoms with Crippen LogP contribution in [0.5, 0.6) is 0 Å². The lowest BCUT2D eigenvalue weighted by Gasteiger charge is -2.35. The van der Waals surface area contributed by atoms with Crippen LogP contribution >= 0.6 is 0 Å². The molecule has 0 radical (unpaired) electrons. The van der Waals surface area contributed by atoms with E-state index < -0.39 is 0 Å². The quantitative estimate of drug-likeness (QED) is 0.642. The highest BCUT2D eigenvalue weighted by atomic mass is 15.1. The highest BCUT2D eigenvalue weighted by Gasteiger charge is 2.26. The second-order valence-electron chi connectivity index (χ2n) is 5.81. The number of hydrogen-bond acceptors (Lipinski definition) is 2. The molecule has 0 aliphatic carbocycles. The van der Waals surface area contributed by atoms with Crippen LogP contribution in [0.4, 0.5) is 0 Å². The van der Waals surface area contributed by atoms with Crippen molar-refractivity contribution in [3.05, 3.63) is 0 Å². The number of rotatable bonds is 7. The van der Waals surface area contributed by atoms with E-state index in [0.717, 1.165) is 12.5 Å². The van der Waals surface area contributed by atoms with Crippen LogP contribution < -0.4 is 0 Å². The fourth-order valence-corrected chi connectivity index (χ4v) is 1.93. The molecule has 0 aromatic carbocycles. The molecule has 0 bridgehead atoms. The Morgan fingerprint density at radius 3 is 2.07 bits per heavy atom. The molecule has 92 valence electrons. The average Bonchev–Trinajstić information content (AvgIpc) is 2.11. The first-order valence-electron chi connectivity index (χ1n) is 6.13. The molecule has 0 heterocycles. The van der Waals surface area contributed by atoms with Crippen LogP contribution in [0.15, 0.2) is 0 Å². The molecule has 15 heavy (non-hydrogen) atoms. The maximum absolute atomic E-state index is 2.39. The summed E-state index contributed by atoms with van der Waals surface area (Å²) in [6.07, 6.45) is 1.30. The minimum Gasteiger partial charge on any atom is -0.309 e. The molecule has 0 aliphatic heterocycles. The maximum Gasteiger partial charge on any atom is 0.00291 e. The molecule has 0 rings (SSSR count). The van der Waals surface area contributed by atoms with Gasteiger partial charge in [-0.05, 0) is 52.0 Å². The van der Waals surface area contributed by atoms with E-state index in [1.54, 1.807) is 0 Å². The summed E-state index contributed by atoms with van der Waals surface area (Å²) >= 11 is 0. The van der Waals surface area contributed by atoms with Gasteiger partial charge in [-0.1, -0.05) is 27.7 Å². The zero-order valence-electron chi connectivity index (χ0n) is 11.8. The predicted molar refractivity (Wildman–Crippen MR) is 69.3 cm³/mol. The summed E-state index contributed by atoms with van der Waals surface area (Å²) in [6.45, 7) is 12.9. The fourth-order valence-electron chi connectivity index (χ4n) is 1.93. The smallest absolute Gasteiger partial charge is 0.00291 e. The first-order chi connectivity index (χ1) is 6.79. The van der Waals surface area contributed by atoms with Gasteiger partial charge in [0.15, 0.2) is 0 Å². The summed E-state index contributed by atoms with van der Waals surface area (Å²) in [4.78, 5) is 4.68. The summed E-state index contributed by atoms with van der Waals surface area (Å²) in [7, 11) is 6.52. The summed E-state index contributed by atoms with van der Waals surface area (Å²) in [5.74, 6) is 0.772. The number of hydrogen-bond donors (Lipinski definition) is 0. The lowest BCUT2D eigenvalue weighted by atomic mass is 9.78. The Labute approximate surface area is 96.6 Å². The molecular weight excluding hydrogens is 184 g/mol. The van der Waals surface area contributed by atoms with Crippen molar-refractivity contribution in [3.63, 3.8) is 0 Å². The van der Waals surface area contributed by atoms with E-state index in [-0.39, 0.29) is 0 Å². The topological polar surface area (TPSA) is 6.48 Å². The third kappa shape index (κ3) is 6.16. The Morgan fingerprint density at radius 2 is 1.67 bits per heavy atom. The van der Waals surface area contributed by atoms with Crippen LogP contribution in [0.1, 0.15) is 34.1 Å². The first kappa shape index (κ1) is 14.9. The van der Waals surface area contributed by atoms with Crippen molar-refractivity contribution in [2.24, 2.45) is 11.3 Å². The molecule has 2 nitrogen and oxygen atoms in total. The Balaban J connectivity index is 4.01. The molecule has 0 spiro atoms. The van der Waals surface area contributed by atoms with Gasteiger partial charge in [0.05, 0.1) is 0 Å². The Morgan fingerprint density at radius 1 is 1.13 bits per heavy atom. The van der Waals surface area contributed by atoms with Gasteiger partial charge in [0.1, 0.15) is 0 Å². The van der Waals surface area contributed by atoms with E-state index in [2.05, 4.69) is 58.6 Å². The van der Waals surface area contributed by atoms with Crippen LogP contribution in [0, 0.1) is 11.3 Å². The molecule has 0 aromatic rings. The third-order valence-corrected chi connectivity index (χ3v) is 3.54. The zero-order valence-corrected chi connectivity index (χ0v) is 11.8. The van der Waals surface area contributed by atoms with Crippen LogP contribution in [0.3, 0.4) is 0 Å². The van der Waals surface area contributed by atoms with Crippen molar-refractivity contribution in [2.75, 3.05) is 40.8 Å². The summed E-state index contributed by atoms with van der Waals surface area (Å²) in [5.41, 5.74) is 0.415. The second-order valence-corrected chi connectivity index (χ2v) is 5.81. The van der Waals surface area contributed by atoms with Crippen LogP contribution in [-0.4, -0.2) is 50.6 Å². The van der Waals surface area contributed by atoms with Gasteiger partial charge in [-0.3, -0.25) is 0 Å². The molecule has 0 aromatic heterocycles. The van der Waals surface area contributed by atoms with Gasteiger partial charge in [0, 0.05) is 6.54 Å². The summed E-state index contributed by atoms with van der Waals surface area (Å²) in [6, 6.07) is 0. The predicted octanol–water partition coefficient (Wildman–Crippen LogP) is 2.55. The highest BCUT2D eigenvalue weighted by Crippen LogP contribution is 2.29. The molecule has 0 amide bonds. The van der Waals surface area contributed by atoms with E-state index in [1.165, 1.54) is 19.5 Å². The highest BCUT2D eigenvalue weighted by molar-refractivity contribution is 4.78. The van der Waals surface area contributed by atoms with Crippen molar-refractivity contribution in [1.82, 2.24) is 9.80 Å². The molecule has 0 fully saturated rings. The molecule has 0 N–H and O–H groups in total. The van der Waals surface area contributed by atoms with Crippen molar-refractivity contribution in [3.8, 4) is 0 Å². The van der Waals surface area contributed by atoms with E-state index in [4.69, 9.17) is 0 Å². The van der Waals surface area contributed by atoms with Crippen molar-refractivity contribution >= 4 is 0 Å². The molecule has 1 unspecified atom stereocenters. The van der Waals surface area contributed by atoms with Gasteiger partial charge in [0.2, 0.25) is 0 Å². The zero-order chi connectivity index (χ0) is 12.1. The fraction of sp³-hybridized carbons (Fsp3) is 1.00. The van der Waals surface area contributed by atoms with Crippen molar-refractivity contribution in [1.29, 1.82) is 0 Å². The van der Waals surface area contributed by atoms with E-state index in [0.29, 0.717) is 5.41 Å². The summed E-state index contributed by atoms with van der Waals surface area (Å²) in [5, 5.41) is 0. The molecule has 0 aliphatic rings. The monoisotopic (exact) mass is 214 g/mol. The minimum absolute atomic E-state index is 0.415. The van der Waals surface area contributed by atoms with E-state index >= 15 is 0 Å². The Hall–Kier alpha value is -0.0800. The van der Waals surface area contributed by atoms with Gasteiger partial charge >= 0.3 is 0 Å². The Kier molecular flexibility index (Phi) is 6.46. The van der Waals surface area contributed by atoms with Crippen molar-refractivity contribution < 1.29 is 0 Å². The lowest BCUT2D eigenvalue weighted by Crippen LogP contribution is -2.35. The second kappa shape index (κ2) is 6.49. The van der Waals surface area contributed by atoms with Gasteiger partial charge in [-0.15, -0.1) is 0 Å². The van der Waals surface area contributed by atoms with Gasteiger partial charge < -0.3 is 9.80 Å². The van der Waals surface area contributed by atoms with Crippen molar-refractivity contribution in [2.45, 2.75) is 34.1 Å². The van der Waals surface area contributed by atoms with E-state index in [9.17, 15) is 0 Å². The van der Waals surface area contributed by atoms with Gasteiger partial charge in [-0.25, -0.2) is 0 Å². The SMILES string of the molecule is CCN(C)CCC(C)C(C)(C)CN(C)C.